The van der Waals surface area contributed by atoms with E-state index in [1.165, 1.54) is 12.3 Å². The molecule has 0 bridgehead atoms. The Kier molecular flexibility index (Phi) is 4.12. The lowest BCUT2D eigenvalue weighted by atomic mass is 10.0. The normalized spacial score (nSPS) is 16.0. The first-order chi connectivity index (χ1) is 11.3. The van der Waals surface area contributed by atoms with Gasteiger partial charge >= 0.3 is 0 Å². The predicted octanol–water partition coefficient (Wildman–Crippen LogP) is 3.12. The number of hydrogen-bond acceptors (Lipinski definition) is 5. The summed E-state index contributed by atoms with van der Waals surface area (Å²) in [5.41, 5.74) is -1.94. The molecule has 1 atom stereocenters. The summed E-state index contributed by atoms with van der Waals surface area (Å²) >= 11 is 0. The number of carbonyl (C=O) groups is 1. The van der Waals surface area contributed by atoms with Gasteiger partial charge in [-0.15, -0.1) is 0 Å². The first kappa shape index (κ1) is 16.6. The average Bonchev–Trinajstić information content (AvgIpc) is 3.27. The molecule has 0 saturated heterocycles. The largest absolute Gasteiger partial charge is 0.364 e. The quantitative estimate of drug-likeness (QED) is 0.587. The molecule has 1 aromatic heterocycles. The fourth-order valence-corrected chi connectivity index (χ4v) is 2.93. The lowest BCUT2D eigenvalue weighted by Crippen LogP contribution is -2.29. The zero-order valence-corrected chi connectivity index (χ0v) is 13.5. The highest BCUT2D eigenvalue weighted by Crippen LogP contribution is 2.42. The molecule has 3 rings (SSSR count). The number of benzene rings is 1. The highest BCUT2D eigenvalue weighted by molar-refractivity contribution is 7.93. The number of alkyl halides is 1. The molecule has 1 aromatic carbocycles. The Balaban J connectivity index is 2.05. The predicted molar refractivity (Wildman–Crippen MR) is 81.4 cm³/mol. The minimum absolute atomic E-state index is 0.0851. The molecule has 128 valence electrons. The van der Waals surface area contributed by atoms with Crippen molar-refractivity contribution in [2.24, 2.45) is 0 Å². The van der Waals surface area contributed by atoms with Crippen LogP contribution in [0.4, 0.5) is 14.6 Å². The van der Waals surface area contributed by atoms with E-state index < -0.39 is 31.5 Å². The molecule has 9 heteroatoms. The van der Waals surface area contributed by atoms with Crippen LogP contribution in [-0.4, -0.2) is 24.9 Å². The van der Waals surface area contributed by atoms with E-state index in [0.29, 0.717) is 5.56 Å². The van der Waals surface area contributed by atoms with Gasteiger partial charge in [-0.25, -0.2) is 12.8 Å². The molecule has 1 aliphatic carbocycles. The second-order valence-electron chi connectivity index (χ2n) is 5.63. The third kappa shape index (κ3) is 3.03. The van der Waals surface area contributed by atoms with E-state index in [4.69, 9.17) is 0 Å². The monoisotopic (exact) mass is 356 g/mol. The van der Waals surface area contributed by atoms with Crippen LogP contribution in [0.2, 0.25) is 0 Å². The van der Waals surface area contributed by atoms with Gasteiger partial charge in [-0.2, -0.15) is 0 Å². The number of hydrogen-bond donors (Lipinski definition) is 0. The fraction of sp³-hybridized carbons (Fsp3) is 0.333. The van der Waals surface area contributed by atoms with Crippen LogP contribution in [0.3, 0.4) is 0 Å². The Hall–Kier alpha value is -2.29. The van der Waals surface area contributed by atoms with Gasteiger partial charge in [0.15, 0.2) is 5.78 Å². The summed E-state index contributed by atoms with van der Waals surface area (Å²) in [5, 5.41) is 3.43. The lowest BCUT2D eigenvalue weighted by Gasteiger charge is -2.17. The molecule has 6 nitrogen and oxygen atoms in total. The molecule has 1 unspecified atom stereocenters. The average molecular weight is 356 g/mol. The molecule has 0 spiro atoms. The first-order valence-electron chi connectivity index (χ1n) is 7.23. The summed E-state index contributed by atoms with van der Waals surface area (Å²) in [6, 6.07) is 3.97. The van der Waals surface area contributed by atoms with Crippen molar-refractivity contribution in [1.82, 2.24) is 5.16 Å². The van der Waals surface area contributed by atoms with Gasteiger partial charge in [-0.05, 0) is 49.4 Å². The van der Waals surface area contributed by atoms with E-state index >= 15 is 0 Å². The van der Waals surface area contributed by atoms with E-state index in [1.54, 1.807) is 6.07 Å². The van der Waals surface area contributed by atoms with Gasteiger partial charge in [0, 0.05) is 5.56 Å². The third-order valence-corrected chi connectivity index (χ3v) is 5.26. The molecule has 1 saturated carbocycles. The molecular weight excluding hydrogens is 342 g/mol. The number of halogens is 2. The van der Waals surface area contributed by atoms with Gasteiger partial charge < -0.3 is 4.52 Å². The summed E-state index contributed by atoms with van der Waals surface area (Å²) in [6.45, 7) is 0.732. The summed E-state index contributed by atoms with van der Waals surface area (Å²) in [5.74, 6) is -0.350. The third-order valence-electron chi connectivity index (χ3n) is 3.78. The van der Waals surface area contributed by atoms with Crippen LogP contribution in [0.1, 0.15) is 47.2 Å². The van der Waals surface area contributed by atoms with Crippen molar-refractivity contribution >= 4 is 21.5 Å². The molecule has 0 amide bonds. The number of nitrogens with zero attached hydrogens (tertiary/aromatic N) is 2. The van der Waals surface area contributed by atoms with Gasteiger partial charge in [0.1, 0.15) is 6.26 Å². The van der Waals surface area contributed by atoms with Crippen molar-refractivity contribution in [2.45, 2.75) is 31.2 Å². The van der Waals surface area contributed by atoms with Crippen LogP contribution in [0.25, 0.3) is 0 Å². The van der Waals surface area contributed by atoms with Gasteiger partial charge in [-0.3, -0.25) is 4.79 Å². The molecule has 0 radical (unpaired) electrons. The SMILES string of the molecule is CC(F)S(=O)(=O)N(F)c1cc(C(=O)c2cnoc2)cc(C2CC2)c1. The number of anilines is 1. The number of rotatable bonds is 6. The van der Waals surface area contributed by atoms with Crippen molar-refractivity contribution in [3.8, 4) is 0 Å². The van der Waals surface area contributed by atoms with Crippen LogP contribution < -0.4 is 4.53 Å². The number of sulfonamides is 1. The number of ketones is 1. The highest BCUT2D eigenvalue weighted by atomic mass is 32.2. The van der Waals surface area contributed by atoms with Crippen LogP contribution >= 0.6 is 0 Å². The maximum Gasteiger partial charge on any atom is 0.293 e. The zero-order chi connectivity index (χ0) is 17.5. The second kappa shape index (κ2) is 5.97. The van der Waals surface area contributed by atoms with E-state index in [1.807, 2.05) is 0 Å². The zero-order valence-electron chi connectivity index (χ0n) is 12.6. The van der Waals surface area contributed by atoms with E-state index in [-0.39, 0.29) is 17.0 Å². The Morgan fingerprint density at radius 3 is 2.58 bits per heavy atom. The van der Waals surface area contributed by atoms with Gasteiger partial charge in [0.2, 0.25) is 5.50 Å². The molecule has 24 heavy (non-hydrogen) atoms. The summed E-state index contributed by atoms with van der Waals surface area (Å²) < 4.78 is 54.9. The maximum absolute atomic E-state index is 14.3. The van der Waals surface area contributed by atoms with Crippen molar-refractivity contribution < 1.29 is 26.6 Å². The Morgan fingerprint density at radius 1 is 1.33 bits per heavy atom. The fourth-order valence-electron chi connectivity index (χ4n) is 2.28. The van der Waals surface area contributed by atoms with Gasteiger partial charge in [-0.1, -0.05) is 14.2 Å². The van der Waals surface area contributed by atoms with Gasteiger partial charge in [0.25, 0.3) is 10.0 Å². The molecule has 1 fully saturated rings. The first-order valence-corrected chi connectivity index (χ1v) is 8.74. The van der Waals surface area contributed by atoms with Crippen molar-refractivity contribution in [2.75, 3.05) is 4.53 Å². The van der Waals surface area contributed by atoms with Crippen molar-refractivity contribution in [3.63, 3.8) is 0 Å². The Morgan fingerprint density at radius 2 is 2.04 bits per heavy atom. The van der Waals surface area contributed by atoms with Crippen LogP contribution in [0.5, 0.6) is 0 Å². The lowest BCUT2D eigenvalue weighted by molar-refractivity contribution is 0.103. The maximum atomic E-state index is 14.3. The van der Waals surface area contributed by atoms with Crippen molar-refractivity contribution in [1.29, 1.82) is 0 Å². The van der Waals surface area contributed by atoms with Crippen molar-refractivity contribution in [3.05, 3.63) is 47.3 Å². The summed E-state index contributed by atoms with van der Waals surface area (Å²) in [7, 11) is -4.79. The van der Waals surface area contributed by atoms with Gasteiger partial charge in [0.05, 0.1) is 17.4 Å². The Bertz CT molecular complexity index is 862. The molecule has 1 aliphatic rings. The number of aromatic nitrogens is 1. The minimum atomic E-state index is -4.79. The van der Waals surface area contributed by atoms with E-state index in [2.05, 4.69) is 9.68 Å². The summed E-state index contributed by atoms with van der Waals surface area (Å²) in [4.78, 5) is 12.4. The standard InChI is InChI=1S/C15H14F2N2O4S/c1-9(16)24(21,22)19(17)14-5-11(10-2-3-10)4-12(6-14)15(20)13-7-18-23-8-13/h4-10H,2-3H2,1H3. The topological polar surface area (TPSA) is 80.5 Å². The Labute approximate surface area is 137 Å². The smallest absolute Gasteiger partial charge is 0.293 e. The molecule has 2 aromatic rings. The molecular formula is C15H14F2N2O4S. The molecule has 0 aliphatic heterocycles. The van der Waals surface area contributed by atoms with E-state index in [0.717, 1.165) is 32.1 Å². The highest BCUT2D eigenvalue weighted by Gasteiger charge is 2.32. The van der Waals surface area contributed by atoms with E-state index in [9.17, 15) is 22.1 Å². The molecule has 1 heterocycles. The summed E-state index contributed by atoms with van der Waals surface area (Å²) in [6.07, 6.45) is 4.07. The van der Waals surface area contributed by atoms with Crippen LogP contribution in [-0.2, 0) is 10.0 Å². The van der Waals surface area contributed by atoms with Crippen LogP contribution in [0, 0.1) is 0 Å². The second-order valence-corrected chi connectivity index (χ2v) is 7.63. The molecule has 0 N–H and O–H groups in total. The number of carbonyl (C=O) groups excluding carboxylic acids is 1. The van der Waals surface area contributed by atoms with Crippen LogP contribution in [0.15, 0.2) is 35.2 Å². The minimum Gasteiger partial charge on any atom is -0.364 e.